The van der Waals surface area contributed by atoms with Crippen LogP contribution in [0.15, 0.2) is 48.5 Å². The minimum Gasteiger partial charge on any atom is -0.325 e. The summed E-state index contributed by atoms with van der Waals surface area (Å²) in [5.74, 6) is -0.771. The maximum atomic E-state index is 13.7. The van der Waals surface area contributed by atoms with E-state index in [9.17, 15) is 23.2 Å². The van der Waals surface area contributed by atoms with Crippen LogP contribution in [0, 0.1) is 0 Å². The number of carbonyl (C=O) groups is 3. The van der Waals surface area contributed by atoms with E-state index in [0.717, 1.165) is 22.3 Å². The Hall–Kier alpha value is -3.82. The Morgan fingerprint density at radius 1 is 1.09 bits per heavy atom. The molecule has 170 valence electrons. The Balaban J connectivity index is 1.30. The molecule has 1 aliphatic carbocycles. The van der Waals surface area contributed by atoms with E-state index in [-0.39, 0.29) is 11.7 Å². The van der Waals surface area contributed by atoms with E-state index in [1.807, 2.05) is 0 Å². The molecule has 1 saturated heterocycles. The first-order chi connectivity index (χ1) is 15.9. The quantitative estimate of drug-likeness (QED) is 0.573. The molecule has 10 heteroatoms. The molecule has 0 atom stereocenters. The maximum Gasteiger partial charge on any atom is 0.325 e. The van der Waals surface area contributed by atoms with Gasteiger partial charge in [-0.3, -0.25) is 19.1 Å². The minimum absolute atomic E-state index is 0.116. The van der Waals surface area contributed by atoms with E-state index in [2.05, 4.69) is 15.6 Å². The number of imidazole rings is 1. The van der Waals surface area contributed by atoms with E-state index in [0.29, 0.717) is 35.1 Å². The van der Waals surface area contributed by atoms with Gasteiger partial charge in [0.05, 0.1) is 11.0 Å². The zero-order chi connectivity index (χ0) is 23.2. The van der Waals surface area contributed by atoms with Crippen LogP contribution in [0.1, 0.15) is 32.2 Å². The van der Waals surface area contributed by atoms with Crippen LogP contribution in [0.2, 0.25) is 0 Å². The van der Waals surface area contributed by atoms with Crippen LogP contribution in [-0.4, -0.2) is 44.4 Å². The Bertz CT molecular complexity index is 1250. The van der Waals surface area contributed by atoms with Crippen molar-refractivity contribution in [2.75, 3.05) is 11.9 Å². The number of benzene rings is 2. The van der Waals surface area contributed by atoms with Crippen molar-refractivity contribution in [1.29, 1.82) is 0 Å². The number of halogens is 2. The summed E-state index contributed by atoms with van der Waals surface area (Å²) in [4.78, 5) is 42.7. The molecule has 33 heavy (non-hydrogen) atoms. The molecule has 2 aliphatic rings. The third kappa shape index (κ3) is 3.61. The fraction of sp³-hybridized carbons (Fsp3) is 0.304. The van der Waals surface area contributed by atoms with E-state index >= 15 is 0 Å². The van der Waals surface area contributed by atoms with E-state index in [1.165, 1.54) is 0 Å². The first-order valence-electron chi connectivity index (χ1n) is 10.7. The number of anilines is 1. The fourth-order valence-corrected chi connectivity index (χ4v) is 4.63. The van der Waals surface area contributed by atoms with Crippen molar-refractivity contribution in [3.8, 4) is 11.4 Å². The number of carbonyl (C=O) groups excluding carboxylic acids is 3. The average molecular weight is 453 g/mol. The van der Waals surface area contributed by atoms with Crippen LogP contribution >= 0.6 is 0 Å². The normalized spacial score (nSPS) is 17.4. The molecule has 1 spiro atoms. The number of urea groups is 1. The van der Waals surface area contributed by atoms with Crippen LogP contribution in [0.5, 0.6) is 0 Å². The highest BCUT2D eigenvalue weighted by Gasteiger charge is 2.52. The van der Waals surface area contributed by atoms with Crippen LogP contribution < -0.4 is 10.6 Å². The predicted molar refractivity (Wildman–Crippen MR) is 116 cm³/mol. The van der Waals surface area contributed by atoms with Gasteiger partial charge in [0.25, 0.3) is 5.91 Å². The van der Waals surface area contributed by atoms with Crippen LogP contribution in [0.3, 0.4) is 0 Å². The highest BCUT2D eigenvalue weighted by atomic mass is 19.3. The zero-order valence-electron chi connectivity index (χ0n) is 17.6. The van der Waals surface area contributed by atoms with Gasteiger partial charge in [-0.25, -0.2) is 9.78 Å². The number of para-hydroxylation sites is 2. The SMILES string of the molecule is O=C(CN1C(=O)NC2(CCCC2)C1=O)Nc1ccc(-c2nc3ccccc3n2C(F)F)cc1. The third-order valence-electron chi connectivity index (χ3n) is 6.22. The van der Waals surface area contributed by atoms with E-state index in [4.69, 9.17) is 0 Å². The van der Waals surface area contributed by atoms with Gasteiger partial charge in [0, 0.05) is 11.3 Å². The van der Waals surface area contributed by atoms with Crippen LogP contribution in [0.4, 0.5) is 19.3 Å². The van der Waals surface area contributed by atoms with Gasteiger partial charge in [0.2, 0.25) is 5.91 Å². The molecule has 8 nitrogen and oxygen atoms in total. The van der Waals surface area contributed by atoms with Gasteiger partial charge in [0.1, 0.15) is 17.9 Å². The summed E-state index contributed by atoms with van der Waals surface area (Å²) in [6, 6.07) is 12.4. The molecule has 2 heterocycles. The Labute approximate surface area is 187 Å². The number of rotatable bonds is 5. The van der Waals surface area contributed by atoms with E-state index in [1.54, 1.807) is 48.5 Å². The molecule has 1 aliphatic heterocycles. The number of alkyl halides is 2. The van der Waals surface area contributed by atoms with E-state index < -0.39 is 30.6 Å². The molecule has 3 aromatic rings. The van der Waals surface area contributed by atoms with Crippen LogP contribution in [0.25, 0.3) is 22.4 Å². The number of aromatic nitrogens is 2. The molecule has 0 radical (unpaired) electrons. The number of nitrogens with one attached hydrogen (secondary N) is 2. The highest BCUT2D eigenvalue weighted by molar-refractivity contribution is 6.10. The Morgan fingerprint density at radius 2 is 1.79 bits per heavy atom. The standard InChI is InChI=1S/C23H21F2N5O3/c24-21(25)30-17-6-2-1-5-16(17)27-19(30)14-7-9-15(10-8-14)26-18(31)13-29-20(32)23(28-22(29)33)11-3-4-12-23/h1-2,5-10,21H,3-4,11-13H2,(H,26,31)(H,28,33). The van der Waals surface area contributed by atoms with Crippen molar-refractivity contribution in [2.24, 2.45) is 0 Å². The topological polar surface area (TPSA) is 96.3 Å². The Morgan fingerprint density at radius 3 is 2.48 bits per heavy atom. The van der Waals surface area contributed by atoms with Crippen molar-refractivity contribution < 1.29 is 23.2 Å². The number of hydrogen-bond acceptors (Lipinski definition) is 4. The zero-order valence-corrected chi connectivity index (χ0v) is 17.6. The summed E-state index contributed by atoms with van der Waals surface area (Å²) in [5, 5.41) is 5.38. The lowest BCUT2D eigenvalue weighted by Crippen LogP contribution is -2.44. The second-order valence-electron chi connectivity index (χ2n) is 8.31. The molecule has 0 bridgehead atoms. The first kappa shape index (κ1) is 21.0. The van der Waals surface area contributed by atoms with Crippen molar-refractivity contribution in [1.82, 2.24) is 19.8 Å². The Kier molecular flexibility index (Phi) is 5.07. The first-order valence-corrected chi connectivity index (χ1v) is 10.7. The summed E-state index contributed by atoms with van der Waals surface area (Å²) in [5.41, 5.74) is 0.787. The molecule has 1 saturated carbocycles. The number of hydrogen-bond donors (Lipinski definition) is 2. The molecular weight excluding hydrogens is 432 g/mol. The summed E-state index contributed by atoms with van der Waals surface area (Å²) in [7, 11) is 0. The largest absolute Gasteiger partial charge is 0.325 e. The van der Waals surface area contributed by atoms with Crippen molar-refractivity contribution >= 4 is 34.6 Å². The van der Waals surface area contributed by atoms with Crippen molar-refractivity contribution in [2.45, 2.75) is 37.8 Å². The van der Waals surface area contributed by atoms with Crippen molar-refractivity contribution in [3.63, 3.8) is 0 Å². The van der Waals surface area contributed by atoms with Crippen molar-refractivity contribution in [3.05, 3.63) is 48.5 Å². The second kappa shape index (κ2) is 7.95. The molecule has 2 aromatic carbocycles. The number of fused-ring (bicyclic) bond motifs is 1. The monoisotopic (exact) mass is 453 g/mol. The molecule has 2 fully saturated rings. The van der Waals surface area contributed by atoms with Gasteiger partial charge >= 0.3 is 12.6 Å². The third-order valence-corrected chi connectivity index (χ3v) is 6.22. The molecule has 4 amide bonds. The lowest BCUT2D eigenvalue weighted by molar-refractivity contribution is -0.133. The molecule has 2 N–H and O–H groups in total. The lowest BCUT2D eigenvalue weighted by atomic mass is 9.98. The number of nitrogens with zero attached hydrogens (tertiary/aromatic N) is 3. The fourth-order valence-electron chi connectivity index (χ4n) is 4.63. The summed E-state index contributed by atoms with van der Waals surface area (Å²) in [6.07, 6.45) is 2.89. The predicted octanol–water partition coefficient (Wildman–Crippen LogP) is 3.90. The highest BCUT2D eigenvalue weighted by Crippen LogP contribution is 2.35. The molecule has 0 unspecified atom stereocenters. The van der Waals surface area contributed by atoms with Crippen LogP contribution in [-0.2, 0) is 9.59 Å². The smallest absolute Gasteiger partial charge is 0.325 e. The maximum absolute atomic E-state index is 13.7. The minimum atomic E-state index is -2.76. The van der Waals surface area contributed by atoms with Gasteiger partial charge in [0.15, 0.2) is 0 Å². The summed E-state index contributed by atoms with van der Waals surface area (Å²) >= 11 is 0. The van der Waals surface area contributed by atoms with Gasteiger partial charge in [-0.05, 0) is 49.2 Å². The van der Waals surface area contributed by atoms with Gasteiger partial charge in [-0.1, -0.05) is 25.0 Å². The number of imide groups is 1. The van der Waals surface area contributed by atoms with Gasteiger partial charge in [-0.2, -0.15) is 8.78 Å². The number of amides is 4. The summed E-state index contributed by atoms with van der Waals surface area (Å²) in [6.45, 7) is -3.16. The molecule has 1 aromatic heterocycles. The second-order valence-corrected chi connectivity index (χ2v) is 8.31. The molecular formula is C23H21F2N5O3. The molecule has 5 rings (SSSR count). The summed E-state index contributed by atoms with van der Waals surface area (Å²) < 4.78 is 28.3. The van der Waals surface area contributed by atoms with Gasteiger partial charge in [-0.15, -0.1) is 0 Å². The lowest BCUT2D eigenvalue weighted by Gasteiger charge is -2.19. The van der Waals surface area contributed by atoms with Gasteiger partial charge < -0.3 is 10.6 Å². The average Bonchev–Trinajstić information content (AvgIpc) is 3.48.